The number of carbonyl (C=O) groups is 1. The average molecular weight is 296 g/mol. The summed E-state index contributed by atoms with van der Waals surface area (Å²) in [7, 11) is 0. The van der Waals surface area contributed by atoms with Gasteiger partial charge in [-0.25, -0.2) is 4.52 Å². The molecule has 0 unspecified atom stereocenters. The molecule has 21 heavy (non-hydrogen) atoms. The van der Waals surface area contributed by atoms with E-state index in [9.17, 15) is 4.79 Å². The number of aromatic nitrogens is 2. The lowest BCUT2D eigenvalue weighted by Crippen LogP contribution is -1.93. The van der Waals surface area contributed by atoms with E-state index in [-0.39, 0.29) is 5.12 Å². The van der Waals surface area contributed by atoms with E-state index < -0.39 is 0 Å². The van der Waals surface area contributed by atoms with Crippen molar-refractivity contribution in [3.8, 4) is 0 Å². The van der Waals surface area contributed by atoms with Gasteiger partial charge in [-0.1, -0.05) is 37.3 Å². The number of aryl methyl sites for hydroxylation is 2. The number of hydrogen-bond donors (Lipinski definition) is 0. The minimum atomic E-state index is 0.0571. The maximum absolute atomic E-state index is 12.4. The third-order valence-corrected chi connectivity index (χ3v) is 4.42. The molecule has 0 spiro atoms. The van der Waals surface area contributed by atoms with E-state index in [2.05, 4.69) is 18.1 Å². The molecule has 0 radical (unpaired) electrons. The average Bonchev–Trinajstić information content (AvgIpc) is 2.85. The van der Waals surface area contributed by atoms with Crippen molar-refractivity contribution in [2.45, 2.75) is 25.2 Å². The Morgan fingerprint density at radius 2 is 2.00 bits per heavy atom. The molecule has 3 aromatic rings. The number of nitrogens with zero attached hydrogens (tertiary/aromatic N) is 2. The first-order valence-corrected chi connectivity index (χ1v) is 7.75. The van der Waals surface area contributed by atoms with Gasteiger partial charge in [0.2, 0.25) is 5.12 Å². The second kappa shape index (κ2) is 5.74. The van der Waals surface area contributed by atoms with Crippen LogP contribution in [0.15, 0.2) is 53.6 Å². The molecule has 0 aliphatic carbocycles. The van der Waals surface area contributed by atoms with Crippen LogP contribution in [0.2, 0.25) is 0 Å². The molecule has 0 saturated heterocycles. The second-order valence-corrected chi connectivity index (χ2v) is 5.90. The largest absolute Gasteiger partial charge is 0.281 e. The van der Waals surface area contributed by atoms with E-state index in [1.165, 1.54) is 17.3 Å². The molecule has 0 aliphatic heterocycles. The number of hydrogen-bond acceptors (Lipinski definition) is 3. The summed E-state index contributed by atoms with van der Waals surface area (Å²) in [5.74, 6) is 0. The molecule has 0 amide bonds. The van der Waals surface area contributed by atoms with Gasteiger partial charge in [-0.3, -0.25) is 4.79 Å². The van der Waals surface area contributed by atoms with Gasteiger partial charge < -0.3 is 0 Å². The second-order valence-electron chi connectivity index (χ2n) is 4.92. The van der Waals surface area contributed by atoms with Crippen molar-refractivity contribution in [1.29, 1.82) is 0 Å². The molecule has 106 valence electrons. The van der Waals surface area contributed by atoms with Crippen molar-refractivity contribution in [1.82, 2.24) is 9.61 Å². The summed E-state index contributed by atoms with van der Waals surface area (Å²) in [5, 5.41) is 4.62. The lowest BCUT2D eigenvalue weighted by molar-refractivity contribution is 0.108. The van der Waals surface area contributed by atoms with Crippen LogP contribution < -0.4 is 0 Å². The molecule has 3 nitrogen and oxygen atoms in total. The minimum Gasteiger partial charge on any atom is -0.281 e. The fraction of sp³-hybridized carbons (Fsp3) is 0.176. The van der Waals surface area contributed by atoms with Gasteiger partial charge in [-0.05, 0) is 42.8 Å². The Labute approximate surface area is 128 Å². The molecule has 4 heteroatoms. The van der Waals surface area contributed by atoms with Crippen LogP contribution in [0.25, 0.3) is 5.52 Å². The molecule has 2 heterocycles. The predicted octanol–water partition coefficient (Wildman–Crippen LogP) is 4.14. The Morgan fingerprint density at radius 3 is 2.71 bits per heavy atom. The van der Waals surface area contributed by atoms with Crippen molar-refractivity contribution >= 4 is 22.4 Å². The van der Waals surface area contributed by atoms with Gasteiger partial charge in [0.25, 0.3) is 0 Å². The van der Waals surface area contributed by atoms with Gasteiger partial charge in [0, 0.05) is 11.8 Å². The molecular weight excluding hydrogens is 280 g/mol. The monoisotopic (exact) mass is 296 g/mol. The molecule has 0 bridgehead atoms. The van der Waals surface area contributed by atoms with Crippen molar-refractivity contribution in [2.75, 3.05) is 0 Å². The maximum atomic E-state index is 12.4. The molecule has 3 rings (SSSR count). The van der Waals surface area contributed by atoms with Crippen LogP contribution in [-0.2, 0) is 6.42 Å². The van der Waals surface area contributed by atoms with Crippen LogP contribution in [-0.4, -0.2) is 14.7 Å². The van der Waals surface area contributed by atoms with Gasteiger partial charge in [0.05, 0.1) is 16.1 Å². The van der Waals surface area contributed by atoms with Crippen LogP contribution in [0.1, 0.15) is 28.5 Å². The molecule has 0 saturated carbocycles. The van der Waals surface area contributed by atoms with Crippen molar-refractivity contribution in [2.24, 2.45) is 0 Å². The van der Waals surface area contributed by atoms with Crippen molar-refractivity contribution in [3.63, 3.8) is 0 Å². The van der Waals surface area contributed by atoms with E-state index in [1.54, 1.807) is 0 Å². The van der Waals surface area contributed by atoms with Crippen LogP contribution in [0, 0.1) is 6.92 Å². The lowest BCUT2D eigenvalue weighted by atomic mass is 10.2. The lowest BCUT2D eigenvalue weighted by Gasteiger charge is -2.02. The normalized spacial score (nSPS) is 11.0. The van der Waals surface area contributed by atoms with Gasteiger partial charge in [0.1, 0.15) is 0 Å². The van der Waals surface area contributed by atoms with Gasteiger partial charge >= 0.3 is 0 Å². The summed E-state index contributed by atoms with van der Waals surface area (Å²) in [5.41, 5.74) is 3.85. The third-order valence-electron chi connectivity index (χ3n) is 3.35. The van der Waals surface area contributed by atoms with E-state index in [4.69, 9.17) is 0 Å². The Kier molecular flexibility index (Phi) is 3.80. The molecule has 1 aromatic carbocycles. The van der Waals surface area contributed by atoms with Crippen LogP contribution in [0.3, 0.4) is 0 Å². The summed E-state index contributed by atoms with van der Waals surface area (Å²) in [6.45, 7) is 4.11. The highest BCUT2D eigenvalue weighted by atomic mass is 32.2. The number of fused-ring (bicyclic) bond motifs is 1. The zero-order chi connectivity index (χ0) is 14.8. The highest BCUT2D eigenvalue weighted by Crippen LogP contribution is 2.31. The zero-order valence-corrected chi connectivity index (χ0v) is 12.9. The fourth-order valence-electron chi connectivity index (χ4n) is 2.25. The van der Waals surface area contributed by atoms with Crippen LogP contribution >= 0.6 is 11.8 Å². The highest BCUT2D eigenvalue weighted by molar-refractivity contribution is 8.14. The summed E-state index contributed by atoms with van der Waals surface area (Å²) in [6.07, 6.45) is 2.76. The summed E-state index contributed by atoms with van der Waals surface area (Å²) in [6, 6.07) is 13.5. The minimum absolute atomic E-state index is 0.0571. The molecule has 2 aromatic heterocycles. The summed E-state index contributed by atoms with van der Waals surface area (Å²) in [4.78, 5) is 13.4. The van der Waals surface area contributed by atoms with E-state index in [0.717, 1.165) is 28.1 Å². The van der Waals surface area contributed by atoms with Crippen molar-refractivity contribution in [3.05, 3.63) is 65.5 Å². The number of pyridine rings is 1. The van der Waals surface area contributed by atoms with E-state index in [1.807, 2.05) is 54.0 Å². The van der Waals surface area contributed by atoms with Gasteiger partial charge in [-0.2, -0.15) is 5.10 Å². The van der Waals surface area contributed by atoms with E-state index >= 15 is 0 Å². The smallest absolute Gasteiger partial charge is 0.224 e. The number of carbonyl (C=O) groups excluding carboxylic acids is 1. The topological polar surface area (TPSA) is 34.4 Å². The quantitative estimate of drug-likeness (QED) is 0.681. The summed E-state index contributed by atoms with van der Waals surface area (Å²) >= 11 is 1.27. The van der Waals surface area contributed by atoms with E-state index in [0.29, 0.717) is 0 Å². The Bertz CT molecular complexity index is 793. The molecule has 0 fully saturated rings. The Hall–Kier alpha value is -2.07. The van der Waals surface area contributed by atoms with Gasteiger partial charge in [-0.15, -0.1) is 0 Å². The Balaban J connectivity index is 2.03. The SMILES string of the molecule is CCc1nn2ccc(C)cc2c1SC(=O)c1ccccc1. The predicted molar refractivity (Wildman–Crippen MR) is 85.9 cm³/mol. The molecule has 0 atom stereocenters. The zero-order valence-electron chi connectivity index (χ0n) is 12.0. The summed E-state index contributed by atoms with van der Waals surface area (Å²) < 4.78 is 1.85. The molecular formula is C17H16N2OS. The number of rotatable bonds is 3. The van der Waals surface area contributed by atoms with Crippen LogP contribution in [0.5, 0.6) is 0 Å². The Morgan fingerprint density at radius 1 is 1.24 bits per heavy atom. The fourth-order valence-corrected chi connectivity index (χ4v) is 3.25. The maximum Gasteiger partial charge on any atom is 0.224 e. The third kappa shape index (κ3) is 2.72. The molecule has 0 aliphatic rings. The number of thioether (sulfide) groups is 1. The van der Waals surface area contributed by atoms with Gasteiger partial charge in [0.15, 0.2) is 0 Å². The standard InChI is InChI=1S/C17H16N2OS/c1-3-14-16(15-11-12(2)9-10-19(15)18-14)21-17(20)13-7-5-4-6-8-13/h4-11H,3H2,1-2H3. The molecule has 0 N–H and O–H groups in total. The first-order valence-electron chi connectivity index (χ1n) is 6.94. The van der Waals surface area contributed by atoms with Crippen molar-refractivity contribution < 1.29 is 4.79 Å². The number of benzene rings is 1. The first-order chi connectivity index (χ1) is 10.2. The first kappa shape index (κ1) is 13.9. The highest BCUT2D eigenvalue weighted by Gasteiger charge is 2.17. The van der Waals surface area contributed by atoms with Crippen LogP contribution in [0.4, 0.5) is 0 Å².